The van der Waals surface area contributed by atoms with Crippen molar-refractivity contribution in [2.24, 2.45) is 0 Å². The lowest BCUT2D eigenvalue weighted by molar-refractivity contribution is -0.118. The van der Waals surface area contributed by atoms with Gasteiger partial charge in [0.1, 0.15) is 0 Å². The van der Waals surface area contributed by atoms with E-state index in [1.165, 1.54) is 16.7 Å². The number of benzene rings is 1. The van der Waals surface area contributed by atoms with Crippen molar-refractivity contribution in [3.63, 3.8) is 0 Å². The van der Waals surface area contributed by atoms with Crippen molar-refractivity contribution in [2.45, 2.75) is 27.2 Å². The quantitative estimate of drug-likeness (QED) is 0.777. The highest BCUT2D eigenvalue weighted by Gasteiger charge is 1.98. The lowest BCUT2D eigenvalue weighted by atomic mass is 10.0. The molecule has 14 heavy (non-hydrogen) atoms. The number of carbonyl (C=O) groups is 1. The molecule has 1 aromatic carbocycles. The summed E-state index contributed by atoms with van der Waals surface area (Å²) in [4.78, 5) is 10.7. The van der Waals surface area contributed by atoms with E-state index in [0.717, 1.165) is 13.0 Å². The second-order valence-electron chi connectivity index (χ2n) is 3.66. The molecule has 0 aromatic heterocycles. The van der Waals surface area contributed by atoms with Crippen molar-refractivity contribution in [3.8, 4) is 0 Å². The first-order chi connectivity index (χ1) is 6.59. The highest BCUT2D eigenvalue weighted by Crippen LogP contribution is 2.10. The number of hydrogen-bond acceptors (Lipinski definition) is 1. The van der Waals surface area contributed by atoms with Gasteiger partial charge >= 0.3 is 0 Å². The average molecular weight is 191 g/mol. The molecular weight excluding hydrogens is 174 g/mol. The van der Waals surface area contributed by atoms with E-state index in [1.807, 2.05) is 0 Å². The molecule has 0 aliphatic carbocycles. The van der Waals surface area contributed by atoms with Crippen LogP contribution in [-0.2, 0) is 11.2 Å². The minimum Gasteiger partial charge on any atom is -0.356 e. The van der Waals surface area contributed by atoms with Crippen LogP contribution < -0.4 is 5.32 Å². The predicted molar refractivity (Wildman–Crippen MR) is 58.3 cm³/mol. The zero-order valence-corrected chi connectivity index (χ0v) is 9.05. The molecule has 0 heterocycles. The van der Waals surface area contributed by atoms with E-state index >= 15 is 0 Å². The first-order valence-electron chi connectivity index (χ1n) is 4.90. The molecule has 0 saturated carbocycles. The Morgan fingerprint density at radius 2 is 2.07 bits per heavy atom. The zero-order valence-electron chi connectivity index (χ0n) is 9.05. The van der Waals surface area contributed by atoms with Crippen molar-refractivity contribution < 1.29 is 4.79 Å². The van der Waals surface area contributed by atoms with E-state index in [4.69, 9.17) is 0 Å². The van der Waals surface area contributed by atoms with Gasteiger partial charge in [0.25, 0.3) is 0 Å². The van der Waals surface area contributed by atoms with Gasteiger partial charge in [0.05, 0.1) is 0 Å². The van der Waals surface area contributed by atoms with Gasteiger partial charge < -0.3 is 5.32 Å². The minimum atomic E-state index is 0.0368. The van der Waals surface area contributed by atoms with E-state index in [1.54, 1.807) is 6.92 Å². The van der Waals surface area contributed by atoms with Crippen molar-refractivity contribution in [3.05, 3.63) is 34.9 Å². The van der Waals surface area contributed by atoms with Crippen LogP contribution in [0, 0.1) is 13.8 Å². The summed E-state index contributed by atoms with van der Waals surface area (Å²) < 4.78 is 0. The third-order valence-electron chi connectivity index (χ3n) is 2.27. The smallest absolute Gasteiger partial charge is 0.216 e. The van der Waals surface area contributed by atoms with E-state index in [-0.39, 0.29) is 5.91 Å². The third-order valence-corrected chi connectivity index (χ3v) is 2.27. The number of hydrogen-bond donors (Lipinski definition) is 1. The standard InChI is InChI=1S/C12H17NO/c1-9-4-5-12(10(2)8-9)6-7-13-11(3)14/h4-5,8H,6-7H2,1-3H3,(H,13,14). The summed E-state index contributed by atoms with van der Waals surface area (Å²) in [7, 11) is 0. The van der Waals surface area contributed by atoms with Crippen molar-refractivity contribution >= 4 is 5.91 Å². The fraction of sp³-hybridized carbons (Fsp3) is 0.417. The van der Waals surface area contributed by atoms with Gasteiger partial charge in [-0.25, -0.2) is 0 Å². The molecule has 0 aliphatic heterocycles. The molecule has 0 bridgehead atoms. The molecule has 0 unspecified atom stereocenters. The molecule has 0 atom stereocenters. The number of aryl methyl sites for hydroxylation is 2. The molecular formula is C12H17NO. The second-order valence-corrected chi connectivity index (χ2v) is 3.66. The summed E-state index contributed by atoms with van der Waals surface area (Å²) in [6.07, 6.45) is 0.908. The van der Waals surface area contributed by atoms with Crippen LogP contribution in [0.1, 0.15) is 23.6 Å². The summed E-state index contributed by atoms with van der Waals surface area (Å²) in [5.41, 5.74) is 3.89. The van der Waals surface area contributed by atoms with Crippen LogP contribution in [0.3, 0.4) is 0 Å². The number of nitrogens with one attached hydrogen (secondary N) is 1. The van der Waals surface area contributed by atoms with Gasteiger partial charge in [0.15, 0.2) is 0 Å². The predicted octanol–water partition coefficient (Wildman–Crippen LogP) is 1.98. The molecule has 1 aromatic rings. The van der Waals surface area contributed by atoms with E-state index in [9.17, 15) is 4.79 Å². The Morgan fingerprint density at radius 3 is 2.64 bits per heavy atom. The van der Waals surface area contributed by atoms with Gasteiger partial charge in [0, 0.05) is 13.5 Å². The van der Waals surface area contributed by atoms with Gasteiger partial charge in [-0.2, -0.15) is 0 Å². The molecule has 0 spiro atoms. The summed E-state index contributed by atoms with van der Waals surface area (Å²) in [5.74, 6) is 0.0368. The molecule has 0 saturated heterocycles. The number of carbonyl (C=O) groups excluding carboxylic acids is 1. The number of rotatable bonds is 3. The van der Waals surface area contributed by atoms with Crippen LogP contribution >= 0.6 is 0 Å². The summed E-state index contributed by atoms with van der Waals surface area (Å²) in [6.45, 7) is 6.46. The molecule has 0 aliphatic rings. The molecule has 1 amide bonds. The molecule has 0 radical (unpaired) electrons. The second kappa shape index (κ2) is 4.80. The Balaban J connectivity index is 2.55. The van der Waals surface area contributed by atoms with Gasteiger partial charge in [0.2, 0.25) is 5.91 Å². The third kappa shape index (κ3) is 3.21. The molecule has 1 N–H and O–H groups in total. The summed E-state index contributed by atoms with van der Waals surface area (Å²) in [5, 5.41) is 2.80. The monoisotopic (exact) mass is 191 g/mol. The maximum atomic E-state index is 10.7. The van der Waals surface area contributed by atoms with Gasteiger partial charge in [-0.3, -0.25) is 4.79 Å². The molecule has 2 heteroatoms. The van der Waals surface area contributed by atoms with E-state index in [0.29, 0.717) is 0 Å². The Kier molecular flexibility index (Phi) is 3.69. The number of amides is 1. The van der Waals surface area contributed by atoms with Gasteiger partial charge in [-0.05, 0) is 31.4 Å². The first-order valence-corrected chi connectivity index (χ1v) is 4.90. The zero-order chi connectivity index (χ0) is 10.6. The van der Waals surface area contributed by atoms with Gasteiger partial charge in [-0.1, -0.05) is 23.8 Å². The Bertz CT molecular complexity index is 331. The summed E-state index contributed by atoms with van der Waals surface area (Å²) in [6, 6.07) is 6.41. The van der Waals surface area contributed by atoms with Crippen LogP contribution in [0.25, 0.3) is 0 Å². The van der Waals surface area contributed by atoms with E-state index < -0.39 is 0 Å². The summed E-state index contributed by atoms with van der Waals surface area (Å²) >= 11 is 0. The average Bonchev–Trinajstić information content (AvgIpc) is 2.08. The topological polar surface area (TPSA) is 29.1 Å². The van der Waals surface area contributed by atoms with Crippen molar-refractivity contribution in [2.75, 3.05) is 6.54 Å². The van der Waals surface area contributed by atoms with Crippen LogP contribution in [0.4, 0.5) is 0 Å². The molecule has 1 rings (SSSR count). The van der Waals surface area contributed by atoms with E-state index in [2.05, 4.69) is 37.4 Å². The van der Waals surface area contributed by atoms with Gasteiger partial charge in [-0.15, -0.1) is 0 Å². The van der Waals surface area contributed by atoms with Crippen LogP contribution in [-0.4, -0.2) is 12.5 Å². The fourth-order valence-corrected chi connectivity index (χ4v) is 1.50. The van der Waals surface area contributed by atoms with Crippen molar-refractivity contribution in [1.82, 2.24) is 5.32 Å². The molecule has 2 nitrogen and oxygen atoms in total. The SMILES string of the molecule is CC(=O)NCCc1ccc(C)cc1C. The van der Waals surface area contributed by atoms with Crippen LogP contribution in [0.15, 0.2) is 18.2 Å². The van der Waals surface area contributed by atoms with Crippen LogP contribution in [0.5, 0.6) is 0 Å². The first kappa shape index (κ1) is 10.8. The Labute approximate surface area is 85.3 Å². The highest BCUT2D eigenvalue weighted by molar-refractivity contribution is 5.72. The Hall–Kier alpha value is -1.31. The molecule has 0 fully saturated rings. The lowest BCUT2D eigenvalue weighted by Gasteiger charge is -2.06. The normalized spacial score (nSPS) is 9.93. The highest BCUT2D eigenvalue weighted by atomic mass is 16.1. The maximum absolute atomic E-state index is 10.7. The lowest BCUT2D eigenvalue weighted by Crippen LogP contribution is -2.22. The largest absolute Gasteiger partial charge is 0.356 e. The fourth-order valence-electron chi connectivity index (χ4n) is 1.50. The van der Waals surface area contributed by atoms with Crippen LogP contribution in [0.2, 0.25) is 0 Å². The Morgan fingerprint density at radius 1 is 1.36 bits per heavy atom. The van der Waals surface area contributed by atoms with Crippen molar-refractivity contribution in [1.29, 1.82) is 0 Å². The molecule has 76 valence electrons. The maximum Gasteiger partial charge on any atom is 0.216 e. The minimum absolute atomic E-state index is 0.0368.